The molecule has 7 heteroatoms. The highest BCUT2D eigenvalue weighted by Gasteiger charge is 2.31. The predicted octanol–water partition coefficient (Wildman–Crippen LogP) is 4.81. The van der Waals surface area contributed by atoms with E-state index in [0.29, 0.717) is 23.7 Å². The van der Waals surface area contributed by atoms with Gasteiger partial charge in [-0.15, -0.1) is 0 Å². The fraction of sp³-hybridized carbons (Fsp3) is 0.444. The maximum absolute atomic E-state index is 13.4. The molecule has 2 aromatic carbocycles. The molecule has 1 fully saturated rings. The Kier molecular flexibility index (Phi) is 8.45. The number of carbonyl (C=O) groups excluding carboxylic acids is 3. The van der Waals surface area contributed by atoms with Crippen LogP contribution in [0.3, 0.4) is 0 Å². The largest absolute Gasteiger partial charge is 0.444 e. The van der Waals surface area contributed by atoms with Gasteiger partial charge in [-0.05, 0) is 77.2 Å². The molecule has 1 unspecified atom stereocenters. The summed E-state index contributed by atoms with van der Waals surface area (Å²) in [5, 5.41) is 5.87. The van der Waals surface area contributed by atoms with Crippen LogP contribution in [0.2, 0.25) is 0 Å². The number of ether oxygens (including phenoxy) is 1. The molecule has 34 heavy (non-hydrogen) atoms. The number of likely N-dealkylation sites (tertiary alicyclic amines) is 1. The number of ketones is 1. The molecule has 1 heterocycles. The lowest BCUT2D eigenvalue weighted by Crippen LogP contribution is -2.44. The molecular weight excluding hydrogens is 430 g/mol. The number of anilines is 1. The number of benzene rings is 2. The highest BCUT2D eigenvalue weighted by atomic mass is 16.6. The van der Waals surface area contributed by atoms with Gasteiger partial charge in [0.05, 0.1) is 0 Å². The summed E-state index contributed by atoms with van der Waals surface area (Å²) >= 11 is 0. The smallest absolute Gasteiger partial charge is 0.407 e. The van der Waals surface area contributed by atoms with Crippen LogP contribution in [-0.4, -0.2) is 47.9 Å². The summed E-state index contributed by atoms with van der Waals surface area (Å²) in [6.07, 6.45) is 1.34. The van der Waals surface area contributed by atoms with Crippen LogP contribution in [-0.2, 0) is 9.53 Å². The van der Waals surface area contributed by atoms with Gasteiger partial charge in [0.2, 0.25) is 5.91 Å². The quantitative estimate of drug-likeness (QED) is 0.573. The molecule has 2 aromatic rings. The molecule has 0 saturated carbocycles. The lowest BCUT2D eigenvalue weighted by atomic mass is 9.93. The molecule has 182 valence electrons. The third-order valence-electron chi connectivity index (χ3n) is 5.85. The van der Waals surface area contributed by atoms with E-state index < -0.39 is 17.7 Å². The minimum atomic E-state index is -0.520. The van der Waals surface area contributed by atoms with Crippen LogP contribution < -0.4 is 10.6 Å². The molecule has 2 amide bonds. The molecule has 1 aliphatic rings. The standard InChI is InChI=1S/C27H35N3O4/c1-19(31)22-11-8-12-23(17-22)29-25(32)24(21-9-6-5-7-10-21)30-15-13-20(14-16-30)18-28-26(33)34-27(2,3)4/h5-12,17,20,24H,13-16,18H2,1-4H3,(H,28,33)(H,29,32). The van der Waals surface area contributed by atoms with E-state index in [-0.39, 0.29) is 11.7 Å². The van der Waals surface area contributed by atoms with Crippen molar-refractivity contribution in [2.75, 3.05) is 25.0 Å². The van der Waals surface area contributed by atoms with Gasteiger partial charge in [-0.25, -0.2) is 4.79 Å². The molecule has 0 aromatic heterocycles. The molecule has 7 nitrogen and oxygen atoms in total. The monoisotopic (exact) mass is 465 g/mol. The average Bonchev–Trinajstić information content (AvgIpc) is 2.78. The zero-order valence-corrected chi connectivity index (χ0v) is 20.5. The number of alkyl carbamates (subject to hydrolysis) is 1. The first-order chi connectivity index (χ1) is 16.1. The Hall–Kier alpha value is -3.19. The Balaban J connectivity index is 1.65. The number of piperidine rings is 1. The lowest BCUT2D eigenvalue weighted by molar-refractivity contribution is -0.122. The van der Waals surface area contributed by atoms with Gasteiger partial charge in [-0.3, -0.25) is 14.5 Å². The number of hydrogen-bond acceptors (Lipinski definition) is 5. The zero-order valence-electron chi connectivity index (χ0n) is 20.5. The first-order valence-electron chi connectivity index (χ1n) is 11.8. The van der Waals surface area contributed by atoms with Gasteiger partial charge in [0.25, 0.3) is 0 Å². The van der Waals surface area contributed by atoms with E-state index in [1.54, 1.807) is 24.3 Å². The topological polar surface area (TPSA) is 87.7 Å². The Morgan fingerprint density at radius 2 is 1.71 bits per heavy atom. The maximum atomic E-state index is 13.4. The first kappa shape index (κ1) is 25.4. The van der Waals surface area contributed by atoms with Crippen LogP contribution >= 0.6 is 0 Å². The molecule has 0 aliphatic carbocycles. The zero-order chi connectivity index (χ0) is 24.7. The molecule has 3 rings (SSSR count). The molecule has 0 radical (unpaired) electrons. The normalized spacial score (nSPS) is 15.9. The summed E-state index contributed by atoms with van der Waals surface area (Å²) in [5.74, 6) is 0.158. The molecular formula is C27H35N3O4. The second-order valence-corrected chi connectivity index (χ2v) is 9.80. The maximum Gasteiger partial charge on any atom is 0.407 e. The third kappa shape index (κ3) is 7.42. The van der Waals surface area contributed by atoms with Crippen molar-refractivity contribution in [2.24, 2.45) is 5.92 Å². The van der Waals surface area contributed by atoms with E-state index >= 15 is 0 Å². The second-order valence-electron chi connectivity index (χ2n) is 9.80. The number of carbonyl (C=O) groups is 3. The van der Waals surface area contributed by atoms with Crippen LogP contribution in [0.4, 0.5) is 10.5 Å². The van der Waals surface area contributed by atoms with Crippen molar-refractivity contribution in [3.8, 4) is 0 Å². The van der Waals surface area contributed by atoms with Crippen molar-refractivity contribution in [2.45, 2.75) is 52.2 Å². The Morgan fingerprint density at radius 3 is 2.32 bits per heavy atom. The van der Waals surface area contributed by atoms with Gasteiger partial charge in [0, 0.05) is 17.8 Å². The van der Waals surface area contributed by atoms with Crippen LogP contribution in [0.15, 0.2) is 54.6 Å². The Bertz CT molecular complexity index is 992. The summed E-state index contributed by atoms with van der Waals surface area (Å²) in [7, 11) is 0. The molecule has 0 spiro atoms. The van der Waals surface area contributed by atoms with Crippen molar-refractivity contribution >= 4 is 23.5 Å². The van der Waals surface area contributed by atoms with Gasteiger partial charge in [-0.1, -0.05) is 42.5 Å². The van der Waals surface area contributed by atoms with E-state index in [9.17, 15) is 14.4 Å². The minimum Gasteiger partial charge on any atom is -0.444 e. The fourth-order valence-electron chi connectivity index (χ4n) is 4.15. The predicted molar refractivity (Wildman–Crippen MR) is 133 cm³/mol. The van der Waals surface area contributed by atoms with Gasteiger partial charge in [0.1, 0.15) is 11.6 Å². The van der Waals surface area contributed by atoms with Crippen LogP contribution in [0.5, 0.6) is 0 Å². The van der Waals surface area contributed by atoms with Crippen molar-refractivity contribution in [1.82, 2.24) is 10.2 Å². The summed E-state index contributed by atoms with van der Waals surface area (Å²) in [6, 6.07) is 16.3. The summed E-state index contributed by atoms with van der Waals surface area (Å²) in [4.78, 5) is 39.3. The van der Waals surface area contributed by atoms with Crippen LogP contribution in [0, 0.1) is 5.92 Å². The van der Waals surface area contributed by atoms with Crippen LogP contribution in [0.25, 0.3) is 0 Å². The summed E-state index contributed by atoms with van der Waals surface area (Å²) in [5.41, 5.74) is 1.57. The van der Waals surface area contributed by atoms with Gasteiger partial charge in [0.15, 0.2) is 5.78 Å². The third-order valence-corrected chi connectivity index (χ3v) is 5.85. The second kappa shape index (κ2) is 11.3. The van der Waals surface area contributed by atoms with Gasteiger partial charge < -0.3 is 15.4 Å². The van der Waals surface area contributed by atoms with Gasteiger partial charge in [-0.2, -0.15) is 0 Å². The SMILES string of the molecule is CC(=O)c1cccc(NC(=O)C(c2ccccc2)N2CCC(CNC(=O)OC(C)(C)C)CC2)c1. The number of nitrogens with one attached hydrogen (secondary N) is 2. The minimum absolute atomic E-state index is 0.0437. The van der Waals surface area contributed by atoms with Crippen molar-refractivity contribution < 1.29 is 19.1 Å². The van der Waals surface area contributed by atoms with E-state index in [0.717, 1.165) is 31.5 Å². The highest BCUT2D eigenvalue weighted by Crippen LogP contribution is 2.28. The van der Waals surface area contributed by atoms with Crippen molar-refractivity contribution in [3.63, 3.8) is 0 Å². The summed E-state index contributed by atoms with van der Waals surface area (Å²) < 4.78 is 5.32. The molecule has 1 aliphatic heterocycles. The number of Topliss-reactive ketones (excluding diaryl/α,β-unsaturated/α-hetero) is 1. The number of amides is 2. The Labute approximate surface area is 201 Å². The van der Waals surface area contributed by atoms with Gasteiger partial charge >= 0.3 is 6.09 Å². The first-order valence-corrected chi connectivity index (χ1v) is 11.8. The van der Waals surface area contributed by atoms with Crippen LogP contribution in [0.1, 0.15) is 62.5 Å². The molecule has 1 atom stereocenters. The molecule has 2 N–H and O–H groups in total. The number of rotatable bonds is 7. The van der Waals surface area contributed by atoms with E-state index in [1.165, 1.54) is 6.92 Å². The number of hydrogen-bond donors (Lipinski definition) is 2. The highest BCUT2D eigenvalue weighted by molar-refractivity contribution is 5.98. The van der Waals surface area contributed by atoms with E-state index in [2.05, 4.69) is 15.5 Å². The van der Waals surface area contributed by atoms with Crippen molar-refractivity contribution in [3.05, 3.63) is 65.7 Å². The number of nitrogens with zero attached hydrogens (tertiary/aromatic N) is 1. The van der Waals surface area contributed by atoms with Crippen molar-refractivity contribution in [1.29, 1.82) is 0 Å². The van der Waals surface area contributed by atoms with E-state index in [1.807, 2.05) is 51.1 Å². The lowest BCUT2D eigenvalue weighted by Gasteiger charge is -2.37. The average molecular weight is 466 g/mol. The molecule has 1 saturated heterocycles. The van der Waals surface area contributed by atoms with E-state index in [4.69, 9.17) is 4.74 Å². The summed E-state index contributed by atoms with van der Waals surface area (Å²) in [6.45, 7) is 9.07. The Morgan fingerprint density at radius 1 is 1.03 bits per heavy atom. The molecule has 0 bridgehead atoms. The fourth-order valence-corrected chi connectivity index (χ4v) is 4.15.